The summed E-state index contributed by atoms with van der Waals surface area (Å²) in [6, 6.07) is 0. The molecule has 1 aliphatic rings. The van der Waals surface area contributed by atoms with Crippen molar-refractivity contribution in [2.75, 3.05) is 12.9 Å². The van der Waals surface area contributed by atoms with Crippen LogP contribution in [0.5, 0.6) is 0 Å². The maximum Gasteiger partial charge on any atom is 0.330 e. The van der Waals surface area contributed by atoms with Crippen LogP contribution in [0.15, 0.2) is 15.8 Å². The second-order valence-corrected chi connectivity index (χ2v) is 7.49. The van der Waals surface area contributed by atoms with Crippen molar-refractivity contribution in [3.8, 4) is 12.3 Å². The topological polar surface area (TPSA) is 134 Å². The predicted molar refractivity (Wildman–Crippen MR) is 88.7 cm³/mol. The fourth-order valence-electron chi connectivity index (χ4n) is 2.54. The molecule has 1 aromatic rings. The highest BCUT2D eigenvalue weighted by Crippen LogP contribution is 2.38. The van der Waals surface area contributed by atoms with Gasteiger partial charge in [-0.2, -0.15) is 8.42 Å². The van der Waals surface area contributed by atoms with E-state index in [0.29, 0.717) is 0 Å². The van der Waals surface area contributed by atoms with Crippen LogP contribution < -0.4 is 11.2 Å². The number of hydrogen-bond acceptors (Lipinski definition) is 8. The first-order valence-corrected chi connectivity index (χ1v) is 9.28. The molecule has 1 aliphatic heterocycles. The molecule has 0 saturated carbocycles. The largest absolute Gasteiger partial charge is 0.462 e. The molecule has 1 N–H and O–H groups in total. The molecule has 0 radical (unpaired) electrons. The first kappa shape index (κ1) is 19.9. The highest BCUT2D eigenvalue weighted by molar-refractivity contribution is 7.86. The molecule has 142 valence electrons. The molecule has 1 aromatic heterocycles. The molecule has 0 amide bonds. The monoisotopic (exact) mass is 386 g/mol. The third-order valence-electron chi connectivity index (χ3n) is 3.76. The highest BCUT2D eigenvalue weighted by atomic mass is 32.2. The number of carbonyl (C=O) groups is 1. The molecule has 0 unspecified atom stereocenters. The molecule has 1 fully saturated rings. The molecule has 0 bridgehead atoms. The third-order valence-corrected chi connectivity index (χ3v) is 4.35. The van der Waals surface area contributed by atoms with Crippen molar-refractivity contribution in [3.05, 3.63) is 32.6 Å². The number of nitrogens with one attached hydrogen (secondary N) is 1. The first-order chi connectivity index (χ1) is 12.0. The van der Waals surface area contributed by atoms with Crippen molar-refractivity contribution < 1.29 is 26.9 Å². The van der Waals surface area contributed by atoms with Gasteiger partial charge in [0.15, 0.2) is 5.60 Å². The number of aromatic amines is 1. The average Bonchev–Trinajstić information content (AvgIpc) is 2.86. The standard InChI is InChI=1S/C15H18N2O8S/c1-5-15(8-23-10(3)18)11(25-26(4,21)22)6-12(24-15)17-7-9(2)13(19)16-14(17)20/h1,7,11-12H,6,8H2,2-4H3,(H,16,19,20)/t11-,12+,15-/m1/s1. The van der Waals surface area contributed by atoms with Gasteiger partial charge in [-0.15, -0.1) is 6.42 Å². The number of esters is 1. The highest BCUT2D eigenvalue weighted by Gasteiger charge is 2.52. The lowest BCUT2D eigenvalue weighted by atomic mass is 9.99. The molecule has 26 heavy (non-hydrogen) atoms. The summed E-state index contributed by atoms with van der Waals surface area (Å²) in [4.78, 5) is 36.8. The Morgan fingerprint density at radius 2 is 2.19 bits per heavy atom. The van der Waals surface area contributed by atoms with Crippen LogP contribution in [0, 0.1) is 19.3 Å². The molecule has 0 spiro atoms. The molecule has 11 heteroatoms. The van der Waals surface area contributed by atoms with E-state index in [2.05, 4.69) is 10.9 Å². The number of carbonyl (C=O) groups excluding carboxylic acids is 1. The Labute approximate surface area is 149 Å². The number of rotatable bonds is 5. The minimum Gasteiger partial charge on any atom is -0.462 e. The third kappa shape index (κ3) is 4.21. The van der Waals surface area contributed by atoms with Crippen LogP contribution >= 0.6 is 0 Å². The van der Waals surface area contributed by atoms with Crippen molar-refractivity contribution in [3.63, 3.8) is 0 Å². The summed E-state index contributed by atoms with van der Waals surface area (Å²) >= 11 is 0. The lowest BCUT2D eigenvalue weighted by molar-refractivity contribution is -0.153. The van der Waals surface area contributed by atoms with Crippen LogP contribution in [-0.4, -0.2) is 48.5 Å². The van der Waals surface area contributed by atoms with E-state index in [1.54, 1.807) is 0 Å². The Balaban J connectivity index is 2.46. The van der Waals surface area contributed by atoms with E-state index in [-0.39, 0.29) is 12.0 Å². The summed E-state index contributed by atoms with van der Waals surface area (Å²) in [6.45, 7) is 2.17. The zero-order valence-corrected chi connectivity index (χ0v) is 15.2. The van der Waals surface area contributed by atoms with E-state index >= 15 is 0 Å². The van der Waals surface area contributed by atoms with Crippen molar-refractivity contribution in [1.82, 2.24) is 9.55 Å². The van der Waals surface area contributed by atoms with Crippen LogP contribution in [0.25, 0.3) is 0 Å². The van der Waals surface area contributed by atoms with Gasteiger partial charge in [-0.3, -0.25) is 23.3 Å². The summed E-state index contributed by atoms with van der Waals surface area (Å²) in [7, 11) is -3.92. The Morgan fingerprint density at radius 3 is 2.73 bits per heavy atom. The minimum absolute atomic E-state index is 0.121. The lowest BCUT2D eigenvalue weighted by Gasteiger charge is -2.27. The Morgan fingerprint density at radius 1 is 1.54 bits per heavy atom. The predicted octanol–water partition coefficient (Wildman–Crippen LogP) is -0.956. The van der Waals surface area contributed by atoms with Gasteiger partial charge in [-0.05, 0) is 6.92 Å². The Kier molecular flexibility index (Phi) is 5.41. The summed E-state index contributed by atoms with van der Waals surface area (Å²) in [6.07, 6.45) is 5.26. The number of nitrogens with zero attached hydrogens (tertiary/aromatic N) is 1. The van der Waals surface area contributed by atoms with Gasteiger partial charge in [-0.1, -0.05) is 5.92 Å². The molecule has 0 aromatic carbocycles. The van der Waals surface area contributed by atoms with Gasteiger partial charge >= 0.3 is 11.7 Å². The van der Waals surface area contributed by atoms with E-state index < -0.39 is 51.9 Å². The van der Waals surface area contributed by atoms with E-state index in [1.165, 1.54) is 13.1 Å². The molecular formula is C15H18N2O8S. The van der Waals surface area contributed by atoms with E-state index in [0.717, 1.165) is 17.7 Å². The maximum atomic E-state index is 12.1. The second-order valence-electron chi connectivity index (χ2n) is 5.89. The van der Waals surface area contributed by atoms with Gasteiger partial charge in [0, 0.05) is 25.1 Å². The molecule has 3 atom stereocenters. The molecular weight excluding hydrogens is 368 g/mol. The smallest absolute Gasteiger partial charge is 0.330 e. The van der Waals surface area contributed by atoms with Gasteiger partial charge in [-0.25, -0.2) is 4.79 Å². The van der Waals surface area contributed by atoms with Crippen molar-refractivity contribution in [2.24, 2.45) is 0 Å². The summed E-state index contributed by atoms with van der Waals surface area (Å²) in [5.74, 6) is 1.62. The SMILES string of the molecule is C#C[C@]1(COC(C)=O)O[C@H](n2cc(C)c(=O)[nH]c2=O)C[C@H]1OS(C)(=O)=O. The molecule has 2 heterocycles. The van der Waals surface area contributed by atoms with Gasteiger partial charge in [0.25, 0.3) is 15.7 Å². The average molecular weight is 386 g/mol. The van der Waals surface area contributed by atoms with E-state index in [1.807, 2.05) is 0 Å². The molecule has 0 aliphatic carbocycles. The fraction of sp³-hybridized carbons (Fsp3) is 0.533. The molecule has 1 saturated heterocycles. The minimum atomic E-state index is -3.92. The van der Waals surface area contributed by atoms with Crippen LogP contribution in [-0.2, 0) is 28.6 Å². The lowest BCUT2D eigenvalue weighted by Crippen LogP contribution is -2.45. The zero-order chi connectivity index (χ0) is 19.7. The number of aromatic nitrogens is 2. The summed E-state index contributed by atoms with van der Waals surface area (Å²) in [5, 5.41) is 0. The van der Waals surface area contributed by atoms with Crippen LogP contribution in [0.2, 0.25) is 0 Å². The van der Waals surface area contributed by atoms with Crippen molar-refractivity contribution in [2.45, 2.75) is 38.2 Å². The van der Waals surface area contributed by atoms with Crippen molar-refractivity contribution in [1.29, 1.82) is 0 Å². The number of ether oxygens (including phenoxy) is 2. The van der Waals surface area contributed by atoms with Gasteiger partial charge in [0.2, 0.25) is 0 Å². The number of H-pyrrole nitrogens is 1. The summed E-state index contributed by atoms with van der Waals surface area (Å²) < 4.78 is 39.8. The maximum absolute atomic E-state index is 12.1. The Bertz CT molecular complexity index is 971. The van der Waals surface area contributed by atoms with E-state index in [9.17, 15) is 22.8 Å². The van der Waals surface area contributed by atoms with Crippen molar-refractivity contribution >= 4 is 16.1 Å². The molecule has 10 nitrogen and oxygen atoms in total. The van der Waals surface area contributed by atoms with E-state index in [4.69, 9.17) is 20.1 Å². The van der Waals surface area contributed by atoms with Gasteiger partial charge < -0.3 is 9.47 Å². The quantitative estimate of drug-likeness (QED) is 0.389. The molecule has 2 rings (SSSR count). The fourth-order valence-corrected chi connectivity index (χ4v) is 3.20. The van der Waals surface area contributed by atoms with Gasteiger partial charge in [0.1, 0.15) is 18.9 Å². The second kappa shape index (κ2) is 7.06. The number of hydrogen-bond donors (Lipinski definition) is 1. The number of aryl methyl sites for hydroxylation is 1. The summed E-state index contributed by atoms with van der Waals surface area (Å²) in [5.41, 5.74) is -2.80. The number of terminal acetylenes is 1. The van der Waals surface area contributed by atoms with Crippen LogP contribution in [0.4, 0.5) is 0 Å². The normalized spacial score (nSPS) is 25.6. The zero-order valence-electron chi connectivity index (χ0n) is 14.3. The van der Waals surface area contributed by atoms with Gasteiger partial charge in [0.05, 0.1) is 6.26 Å². The first-order valence-electron chi connectivity index (χ1n) is 7.47. The van der Waals surface area contributed by atoms with Crippen LogP contribution in [0.3, 0.4) is 0 Å². The Hall–Kier alpha value is -2.42. The van der Waals surface area contributed by atoms with Crippen LogP contribution in [0.1, 0.15) is 25.1 Å².